The zero-order valence-corrected chi connectivity index (χ0v) is 18.9. The molecule has 0 atom stereocenters. The van der Waals surface area contributed by atoms with Crippen LogP contribution in [0.25, 0.3) is 33.0 Å². The van der Waals surface area contributed by atoms with Gasteiger partial charge in [0.25, 0.3) is 0 Å². The van der Waals surface area contributed by atoms with Crippen LogP contribution >= 0.6 is 0 Å². The first-order valence-corrected chi connectivity index (χ1v) is 11.8. The molecule has 4 aromatic rings. The SMILES string of the molecule is CCCCCCCc1ccc2c(F)c(-c3ccc(-c4ccc(CN)cc4)cc3)ccc2c1. The fourth-order valence-corrected chi connectivity index (χ4v) is 4.33. The van der Waals surface area contributed by atoms with Crippen LogP contribution in [0.4, 0.5) is 4.39 Å². The average Bonchev–Trinajstić information content (AvgIpc) is 2.84. The molecule has 2 N–H and O–H groups in total. The van der Waals surface area contributed by atoms with Crippen LogP contribution in [-0.2, 0) is 13.0 Å². The van der Waals surface area contributed by atoms with Crippen LogP contribution in [0.2, 0.25) is 0 Å². The van der Waals surface area contributed by atoms with Gasteiger partial charge in [-0.3, -0.25) is 0 Å². The van der Waals surface area contributed by atoms with Crippen LogP contribution in [0.5, 0.6) is 0 Å². The Hall–Kier alpha value is -2.97. The smallest absolute Gasteiger partial charge is 0.138 e. The lowest BCUT2D eigenvalue weighted by Gasteiger charge is -2.10. The van der Waals surface area contributed by atoms with E-state index in [1.165, 1.54) is 37.7 Å². The summed E-state index contributed by atoms with van der Waals surface area (Å²) in [5.74, 6) is -0.142. The van der Waals surface area contributed by atoms with E-state index in [0.29, 0.717) is 17.5 Å². The fourth-order valence-electron chi connectivity index (χ4n) is 4.33. The van der Waals surface area contributed by atoms with Crippen molar-refractivity contribution in [3.63, 3.8) is 0 Å². The largest absolute Gasteiger partial charge is 0.326 e. The van der Waals surface area contributed by atoms with Crippen molar-refractivity contribution in [2.24, 2.45) is 5.73 Å². The summed E-state index contributed by atoms with van der Waals surface area (Å²) in [5.41, 5.74) is 11.9. The second kappa shape index (κ2) is 10.6. The molecule has 0 unspecified atom stereocenters. The van der Waals surface area contributed by atoms with E-state index in [4.69, 9.17) is 5.73 Å². The molecule has 4 aromatic carbocycles. The number of hydrogen-bond donors (Lipinski definition) is 1. The summed E-state index contributed by atoms with van der Waals surface area (Å²) in [7, 11) is 0. The first-order chi connectivity index (χ1) is 15.7. The highest BCUT2D eigenvalue weighted by Crippen LogP contribution is 2.31. The molecular formula is C30H32FN. The Morgan fingerprint density at radius 1 is 0.656 bits per heavy atom. The lowest BCUT2D eigenvalue weighted by atomic mass is 9.96. The summed E-state index contributed by atoms with van der Waals surface area (Å²) in [6.45, 7) is 2.78. The maximum atomic E-state index is 15.4. The van der Waals surface area contributed by atoms with Crippen LogP contribution in [0.15, 0.2) is 78.9 Å². The van der Waals surface area contributed by atoms with E-state index >= 15 is 4.39 Å². The highest BCUT2D eigenvalue weighted by Gasteiger charge is 2.10. The van der Waals surface area contributed by atoms with Gasteiger partial charge in [-0.25, -0.2) is 4.39 Å². The average molecular weight is 426 g/mol. The minimum atomic E-state index is -0.142. The Kier molecular flexibility index (Phi) is 7.34. The predicted molar refractivity (Wildman–Crippen MR) is 135 cm³/mol. The number of fused-ring (bicyclic) bond motifs is 1. The van der Waals surface area contributed by atoms with Gasteiger partial charge in [0.15, 0.2) is 0 Å². The highest BCUT2D eigenvalue weighted by atomic mass is 19.1. The van der Waals surface area contributed by atoms with Crippen molar-refractivity contribution in [1.82, 2.24) is 0 Å². The summed E-state index contributed by atoms with van der Waals surface area (Å²) in [5, 5.41) is 1.67. The highest BCUT2D eigenvalue weighted by molar-refractivity contribution is 5.89. The Morgan fingerprint density at radius 3 is 1.97 bits per heavy atom. The molecule has 0 aliphatic rings. The van der Waals surface area contributed by atoms with Gasteiger partial charge in [0.2, 0.25) is 0 Å². The molecule has 0 aliphatic heterocycles. The number of benzene rings is 4. The number of unbranched alkanes of at least 4 members (excludes halogenated alkanes) is 4. The van der Waals surface area contributed by atoms with E-state index in [1.54, 1.807) is 0 Å². The molecule has 0 amide bonds. The molecule has 0 heterocycles. The number of halogens is 1. The fraction of sp³-hybridized carbons (Fsp3) is 0.267. The van der Waals surface area contributed by atoms with Crippen molar-refractivity contribution >= 4 is 10.8 Å². The van der Waals surface area contributed by atoms with E-state index in [2.05, 4.69) is 43.3 Å². The van der Waals surface area contributed by atoms with Crippen LogP contribution in [0.1, 0.15) is 50.2 Å². The van der Waals surface area contributed by atoms with Crippen LogP contribution in [-0.4, -0.2) is 0 Å². The van der Waals surface area contributed by atoms with Gasteiger partial charge in [-0.2, -0.15) is 0 Å². The molecule has 0 saturated heterocycles. The third kappa shape index (κ3) is 5.08. The molecule has 0 fully saturated rings. The summed E-state index contributed by atoms with van der Waals surface area (Å²) < 4.78 is 15.4. The van der Waals surface area contributed by atoms with Gasteiger partial charge in [-0.05, 0) is 46.0 Å². The van der Waals surface area contributed by atoms with Gasteiger partial charge in [0.1, 0.15) is 5.82 Å². The molecule has 0 radical (unpaired) electrons. The first-order valence-electron chi connectivity index (χ1n) is 11.8. The normalized spacial score (nSPS) is 11.2. The summed E-state index contributed by atoms with van der Waals surface area (Å²) in [4.78, 5) is 0. The number of nitrogens with two attached hydrogens (primary N) is 1. The molecule has 0 aliphatic carbocycles. The van der Waals surface area contributed by atoms with Crippen LogP contribution in [0, 0.1) is 5.82 Å². The van der Waals surface area contributed by atoms with Crippen LogP contribution in [0.3, 0.4) is 0 Å². The van der Waals surface area contributed by atoms with Gasteiger partial charge in [-0.15, -0.1) is 0 Å². The number of rotatable bonds is 9. The van der Waals surface area contributed by atoms with Gasteiger partial charge in [-0.1, -0.05) is 111 Å². The quantitative estimate of drug-likeness (QED) is 0.268. The lowest BCUT2D eigenvalue weighted by Crippen LogP contribution is -1.95. The zero-order valence-electron chi connectivity index (χ0n) is 18.9. The van der Waals surface area contributed by atoms with Crippen molar-refractivity contribution in [2.45, 2.75) is 52.0 Å². The van der Waals surface area contributed by atoms with E-state index in [0.717, 1.165) is 34.1 Å². The molecule has 2 heteroatoms. The monoisotopic (exact) mass is 425 g/mol. The van der Waals surface area contributed by atoms with Crippen molar-refractivity contribution in [1.29, 1.82) is 0 Å². The van der Waals surface area contributed by atoms with Gasteiger partial charge >= 0.3 is 0 Å². The van der Waals surface area contributed by atoms with Gasteiger partial charge < -0.3 is 5.73 Å². The summed E-state index contributed by atoms with van der Waals surface area (Å²) in [6.07, 6.45) is 7.42. The van der Waals surface area contributed by atoms with E-state index in [-0.39, 0.29) is 5.82 Å². The lowest BCUT2D eigenvalue weighted by molar-refractivity contribution is 0.632. The molecule has 0 spiro atoms. The first kappa shape index (κ1) is 22.2. The molecule has 0 bridgehead atoms. The van der Waals surface area contributed by atoms with E-state index < -0.39 is 0 Å². The van der Waals surface area contributed by atoms with Gasteiger partial charge in [0.05, 0.1) is 0 Å². The van der Waals surface area contributed by atoms with Crippen molar-refractivity contribution in [2.75, 3.05) is 0 Å². The van der Waals surface area contributed by atoms with E-state index in [9.17, 15) is 0 Å². The summed E-state index contributed by atoms with van der Waals surface area (Å²) in [6, 6.07) is 26.5. The third-order valence-corrected chi connectivity index (χ3v) is 6.31. The Labute approximate surface area is 191 Å². The zero-order chi connectivity index (χ0) is 22.3. The molecule has 32 heavy (non-hydrogen) atoms. The Morgan fingerprint density at radius 2 is 1.28 bits per heavy atom. The molecule has 0 saturated carbocycles. The maximum Gasteiger partial charge on any atom is 0.138 e. The number of hydrogen-bond acceptors (Lipinski definition) is 1. The predicted octanol–water partition coefficient (Wildman–Crippen LogP) is 8.28. The maximum absolute atomic E-state index is 15.4. The standard InChI is InChI=1S/C30H32FN/c1-2-3-4-5-6-7-22-10-18-29-27(20-22)17-19-28(30(29)31)26-15-13-25(14-16-26)24-11-8-23(21-32)9-12-24/h8-20H,2-7,21,32H2,1H3. The number of aryl methyl sites for hydroxylation is 1. The third-order valence-electron chi connectivity index (χ3n) is 6.31. The van der Waals surface area contributed by atoms with Crippen molar-refractivity contribution in [3.8, 4) is 22.3 Å². The van der Waals surface area contributed by atoms with Gasteiger partial charge in [0, 0.05) is 17.5 Å². The van der Waals surface area contributed by atoms with Crippen molar-refractivity contribution < 1.29 is 4.39 Å². The topological polar surface area (TPSA) is 26.0 Å². The molecular weight excluding hydrogens is 393 g/mol. The van der Waals surface area contributed by atoms with Crippen molar-refractivity contribution in [3.05, 3.63) is 95.8 Å². The second-order valence-corrected chi connectivity index (χ2v) is 8.63. The van der Waals surface area contributed by atoms with E-state index in [1.807, 2.05) is 42.5 Å². The molecule has 164 valence electrons. The Bertz CT molecular complexity index is 1160. The molecule has 1 nitrogen and oxygen atoms in total. The minimum Gasteiger partial charge on any atom is -0.326 e. The summed E-state index contributed by atoms with van der Waals surface area (Å²) >= 11 is 0. The minimum absolute atomic E-state index is 0.142. The second-order valence-electron chi connectivity index (χ2n) is 8.63. The molecule has 0 aromatic heterocycles. The molecule has 4 rings (SSSR count). The van der Waals surface area contributed by atoms with Crippen LogP contribution < -0.4 is 5.73 Å². The Balaban J connectivity index is 1.52.